The fourth-order valence-corrected chi connectivity index (χ4v) is 11.2. The van der Waals surface area contributed by atoms with Crippen molar-refractivity contribution in [3.8, 4) is 44.5 Å². The first-order valence-electron chi connectivity index (χ1n) is 21.6. The van der Waals surface area contributed by atoms with Gasteiger partial charge in [0.1, 0.15) is 0 Å². The Balaban J connectivity index is 1.14. The second kappa shape index (κ2) is 13.5. The van der Waals surface area contributed by atoms with Gasteiger partial charge in [-0.3, -0.25) is 0 Å². The van der Waals surface area contributed by atoms with Crippen LogP contribution in [0.25, 0.3) is 76.8 Å². The van der Waals surface area contributed by atoms with E-state index < -0.39 is 5.41 Å². The summed E-state index contributed by atoms with van der Waals surface area (Å²) in [4.78, 5) is 2.53. The van der Waals surface area contributed by atoms with Gasteiger partial charge in [0.05, 0.1) is 11.1 Å². The lowest BCUT2D eigenvalue weighted by molar-refractivity contribution is 0.794. The Morgan fingerprint density at radius 1 is 0.258 bits per heavy atom. The quantitative estimate of drug-likeness (QED) is 0.157. The third kappa shape index (κ3) is 4.85. The molecule has 0 saturated carbocycles. The van der Waals surface area contributed by atoms with Crippen molar-refractivity contribution in [2.75, 3.05) is 4.90 Å². The van der Waals surface area contributed by atoms with E-state index in [0.717, 1.165) is 17.1 Å². The van der Waals surface area contributed by atoms with E-state index in [1.165, 1.54) is 99.1 Å². The molecular weight excluding hydrogens is 747 g/mol. The number of anilines is 3. The van der Waals surface area contributed by atoms with Crippen LogP contribution in [0.3, 0.4) is 0 Å². The van der Waals surface area contributed by atoms with E-state index in [9.17, 15) is 0 Å². The van der Waals surface area contributed by atoms with Crippen molar-refractivity contribution < 1.29 is 0 Å². The molecule has 0 unspecified atom stereocenters. The van der Waals surface area contributed by atoms with Gasteiger partial charge in [-0.15, -0.1) is 0 Å². The van der Waals surface area contributed by atoms with E-state index in [1.54, 1.807) is 0 Å². The minimum Gasteiger partial charge on any atom is -0.310 e. The average Bonchev–Trinajstić information content (AvgIpc) is 3.83. The molecule has 2 aliphatic carbocycles. The van der Waals surface area contributed by atoms with Gasteiger partial charge in [0, 0.05) is 16.9 Å². The first kappa shape index (κ1) is 34.8. The highest BCUT2D eigenvalue weighted by atomic mass is 15.1. The zero-order chi connectivity index (χ0) is 40.8. The van der Waals surface area contributed by atoms with Crippen LogP contribution >= 0.6 is 0 Å². The third-order valence-electron chi connectivity index (χ3n) is 13.7. The topological polar surface area (TPSA) is 3.24 Å². The maximum atomic E-state index is 2.53. The van der Waals surface area contributed by atoms with Gasteiger partial charge in [-0.2, -0.15) is 0 Å². The molecule has 0 heterocycles. The summed E-state index contributed by atoms with van der Waals surface area (Å²) < 4.78 is 0. The first-order valence-corrected chi connectivity index (χ1v) is 21.6. The summed E-state index contributed by atoms with van der Waals surface area (Å²) in [6.45, 7) is 0. The number of benzene rings is 11. The number of fused-ring (bicyclic) bond motifs is 16. The minimum atomic E-state index is -0.453. The van der Waals surface area contributed by atoms with Gasteiger partial charge in [-0.05, 0) is 124 Å². The molecule has 11 aromatic rings. The Labute approximate surface area is 361 Å². The van der Waals surface area contributed by atoms with Crippen molar-refractivity contribution in [2.24, 2.45) is 0 Å². The fraction of sp³-hybridized carbons (Fsp3) is 0.0164. The Morgan fingerprint density at radius 2 is 0.694 bits per heavy atom. The molecule has 0 aromatic heterocycles. The van der Waals surface area contributed by atoms with Crippen LogP contribution in [0.15, 0.2) is 237 Å². The first-order chi connectivity index (χ1) is 30.8. The van der Waals surface area contributed by atoms with Crippen LogP contribution < -0.4 is 4.90 Å². The van der Waals surface area contributed by atoms with Crippen LogP contribution in [0.1, 0.15) is 22.3 Å². The summed E-state index contributed by atoms with van der Waals surface area (Å²) in [7, 11) is 0. The Hall–Kier alpha value is -8.00. The van der Waals surface area contributed by atoms with Crippen molar-refractivity contribution in [1.82, 2.24) is 0 Å². The summed E-state index contributed by atoms with van der Waals surface area (Å²) in [5.74, 6) is 0. The molecule has 0 amide bonds. The average molecular weight is 786 g/mol. The third-order valence-corrected chi connectivity index (χ3v) is 13.7. The minimum absolute atomic E-state index is 0.453. The molecule has 62 heavy (non-hydrogen) atoms. The van der Waals surface area contributed by atoms with Crippen molar-refractivity contribution in [2.45, 2.75) is 5.41 Å². The van der Waals surface area contributed by atoms with Gasteiger partial charge in [0.25, 0.3) is 0 Å². The molecule has 0 saturated heterocycles. The molecule has 0 fully saturated rings. The molecule has 1 heteroatoms. The molecule has 1 spiro atoms. The van der Waals surface area contributed by atoms with Crippen LogP contribution in [0.2, 0.25) is 0 Å². The molecule has 0 atom stereocenters. The molecule has 0 bridgehead atoms. The predicted octanol–water partition coefficient (Wildman–Crippen LogP) is 16.3. The van der Waals surface area contributed by atoms with Gasteiger partial charge in [0.2, 0.25) is 0 Å². The van der Waals surface area contributed by atoms with Gasteiger partial charge < -0.3 is 4.90 Å². The predicted molar refractivity (Wildman–Crippen MR) is 261 cm³/mol. The monoisotopic (exact) mass is 785 g/mol. The molecular formula is C61H39N. The zero-order valence-electron chi connectivity index (χ0n) is 34.0. The number of rotatable bonds is 5. The van der Waals surface area contributed by atoms with Crippen LogP contribution in [0, 0.1) is 0 Å². The van der Waals surface area contributed by atoms with Crippen LogP contribution in [0.4, 0.5) is 17.1 Å². The second-order valence-electron chi connectivity index (χ2n) is 16.7. The van der Waals surface area contributed by atoms with Crippen molar-refractivity contribution in [3.63, 3.8) is 0 Å². The standard InChI is InChI=1S/C61H39N/c1-3-18-40(19-4-1)44-36-34-42(38-53(44)41-20-5-2-6-21-41)62(43-35-37-49-47-24-8-7-22-45(47)46-23-9-10-25-48(46)54(49)39-43)59-33-17-32-58-60(59)52-28-13-16-31-57(52)61(58)55-29-14-11-26-50(55)51-27-12-15-30-56(51)61/h1-39H. The molecule has 1 nitrogen and oxygen atoms in total. The lowest BCUT2D eigenvalue weighted by Crippen LogP contribution is -2.26. The van der Waals surface area contributed by atoms with Crippen molar-refractivity contribution in [1.29, 1.82) is 0 Å². The lowest BCUT2D eigenvalue weighted by Gasteiger charge is -2.32. The van der Waals surface area contributed by atoms with Gasteiger partial charge in [-0.25, -0.2) is 0 Å². The fourth-order valence-electron chi connectivity index (χ4n) is 11.2. The van der Waals surface area contributed by atoms with Crippen molar-refractivity contribution in [3.05, 3.63) is 259 Å². The summed E-state index contributed by atoms with van der Waals surface area (Å²) >= 11 is 0. The summed E-state index contributed by atoms with van der Waals surface area (Å²) in [6.07, 6.45) is 0. The number of nitrogens with zero attached hydrogens (tertiary/aromatic N) is 1. The number of hydrogen-bond donors (Lipinski definition) is 0. The van der Waals surface area contributed by atoms with Gasteiger partial charge in [-0.1, -0.05) is 206 Å². The Kier molecular flexibility index (Phi) is 7.59. The zero-order valence-corrected chi connectivity index (χ0v) is 34.0. The maximum Gasteiger partial charge on any atom is 0.0726 e. The second-order valence-corrected chi connectivity index (χ2v) is 16.7. The Bertz CT molecular complexity index is 3500. The number of hydrogen-bond acceptors (Lipinski definition) is 1. The highest BCUT2D eigenvalue weighted by molar-refractivity contribution is 6.26. The summed E-state index contributed by atoms with van der Waals surface area (Å²) in [6, 6.07) is 87.9. The van der Waals surface area contributed by atoms with E-state index in [4.69, 9.17) is 0 Å². The SMILES string of the molecule is c1ccc(-c2ccc(N(c3ccc4c5ccccc5c5ccccc5c4c3)c3cccc4c3-c3ccccc3C43c4ccccc4-c4ccccc43)cc2-c2ccccc2)cc1. The van der Waals surface area contributed by atoms with E-state index in [2.05, 4.69) is 241 Å². The molecule has 0 radical (unpaired) electrons. The van der Waals surface area contributed by atoms with Gasteiger partial charge >= 0.3 is 0 Å². The Morgan fingerprint density at radius 3 is 1.31 bits per heavy atom. The van der Waals surface area contributed by atoms with E-state index in [1.807, 2.05) is 0 Å². The van der Waals surface area contributed by atoms with Crippen LogP contribution in [0.5, 0.6) is 0 Å². The molecule has 288 valence electrons. The van der Waals surface area contributed by atoms with Crippen LogP contribution in [-0.4, -0.2) is 0 Å². The van der Waals surface area contributed by atoms with E-state index >= 15 is 0 Å². The maximum absolute atomic E-state index is 2.53. The molecule has 13 rings (SSSR count). The normalized spacial score (nSPS) is 13.0. The van der Waals surface area contributed by atoms with Crippen molar-refractivity contribution >= 4 is 49.4 Å². The van der Waals surface area contributed by atoms with Crippen LogP contribution in [-0.2, 0) is 5.41 Å². The molecule has 2 aliphatic rings. The molecule has 11 aromatic carbocycles. The lowest BCUT2D eigenvalue weighted by atomic mass is 9.70. The largest absolute Gasteiger partial charge is 0.310 e. The smallest absolute Gasteiger partial charge is 0.0726 e. The molecule has 0 N–H and O–H groups in total. The van der Waals surface area contributed by atoms with E-state index in [-0.39, 0.29) is 0 Å². The summed E-state index contributed by atoms with van der Waals surface area (Å²) in [5, 5.41) is 7.59. The summed E-state index contributed by atoms with van der Waals surface area (Å²) in [5.41, 5.74) is 18.2. The van der Waals surface area contributed by atoms with Gasteiger partial charge in [0.15, 0.2) is 0 Å². The highest BCUT2D eigenvalue weighted by Gasteiger charge is 2.52. The molecule has 0 aliphatic heterocycles. The van der Waals surface area contributed by atoms with E-state index in [0.29, 0.717) is 0 Å². The highest BCUT2D eigenvalue weighted by Crippen LogP contribution is 2.64.